The Morgan fingerprint density at radius 1 is 0.659 bits per heavy atom. The summed E-state index contributed by atoms with van der Waals surface area (Å²) in [6, 6.07) is 0. The van der Waals surface area contributed by atoms with Crippen LogP contribution in [0.15, 0.2) is 0 Å². The van der Waals surface area contributed by atoms with Crippen LogP contribution in [0.5, 0.6) is 0 Å². The quantitative estimate of drug-likeness (QED) is 0.0901. The van der Waals surface area contributed by atoms with Gasteiger partial charge in [0, 0.05) is 83.7 Å². The maximum absolute atomic E-state index is 12.3. The van der Waals surface area contributed by atoms with Crippen molar-refractivity contribution in [3.05, 3.63) is 0 Å². The van der Waals surface area contributed by atoms with E-state index >= 15 is 0 Å². The highest BCUT2D eigenvalue weighted by Gasteiger charge is 2.38. The van der Waals surface area contributed by atoms with Crippen molar-refractivity contribution >= 4 is 76.6 Å². The maximum atomic E-state index is 12.3. The van der Waals surface area contributed by atoms with Gasteiger partial charge in [-0.3, -0.25) is 53.0 Å². The minimum atomic E-state index is -0.861. The molecule has 0 saturated carbocycles. The first kappa shape index (κ1) is 36.7. The smallest absolute Gasteiger partial charge is 0.242 e. The molecule has 0 spiro atoms. The van der Waals surface area contributed by atoms with Crippen LogP contribution < -0.4 is 21.3 Å². The number of hydrogen-bond donors (Lipinski definition) is 4. The predicted molar refractivity (Wildman–Crippen MR) is 162 cm³/mol. The van der Waals surface area contributed by atoms with Crippen molar-refractivity contribution < 1.29 is 43.2 Å². The molecule has 0 radical (unpaired) electrons. The topological polar surface area (TPSA) is 208 Å². The van der Waals surface area contributed by atoms with Crippen molar-refractivity contribution in [3.63, 3.8) is 0 Å². The zero-order chi connectivity index (χ0) is 32.8. The number of hydrogen-bond acceptors (Lipinski definition) is 11. The molecule has 0 aromatic carbocycles. The fraction of sp³-hybridized carbons (Fsp3) is 0.667. The van der Waals surface area contributed by atoms with Gasteiger partial charge in [-0.05, 0) is 19.4 Å². The summed E-state index contributed by atoms with van der Waals surface area (Å²) in [5.74, 6) is -4.13. The lowest BCUT2D eigenvalue weighted by Crippen LogP contribution is -2.39. The average molecular weight is 657 g/mol. The summed E-state index contributed by atoms with van der Waals surface area (Å²) >= 11 is 2.59. The van der Waals surface area contributed by atoms with E-state index < -0.39 is 28.2 Å². The third-order valence-corrected chi connectivity index (χ3v) is 8.95. The molecule has 2 rings (SSSR count). The number of rotatable bonds is 19. The zero-order valence-electron chi connectivity index (χ0n) is 25.1. The number of imide groups is 2. The molecule has 17 heteroatoms. The highest BCUT2D eigenvalue weighted by atomic mass is 32.2. The molecule has 2 atom stereocenters. The molecule has 0 bridgehead atoms. The SMILES string of the molecule is CSC1CC(=O)N(CCC(=O)NCCNC(=O)CC(CC(=O)NCCNC(=O)CCN2C(=O)CC(SC)C2=O)C(C)=O)C1=O. The average Bonchev–Trinajstić information content (AvgIpc) is 3.42. The number of nitrogens with zero attached hydrogens (tertiary/aromatic N) is 2. The van der Waals surface area contributed by atoms with Gasteiger partial charge in [0.05, 0.1) is 10.5 Å². The second kappa shape index (κ2) is 18.4. The lowest BCUT2D eigenvalue weighted by Gasteiger charge is -2.15. The minimum Gasteiger partial charge on any atom is -0.354 e. The van der Waals surface area contributed by atoms with Gasteiger partial charge in [-0.2, -0.15) is 23.5 Å². The Balaban J connectivity index is 1.58. The molecule has 8 amide bonds. The Morgan fingerprint density at radius 3 is 1.30 bits per heavy atom. The summed E-state index contributed by atoms with van der Waals surface area (Å²) in [4.78, 5) is 111. The van der Waals surface area contributed by atoms with Crippen LogP contribution in [0, 0.1) is 5.92 Å². The summed E-state index contributed by atoms with van der Waals surface area (Å²) in [7, 11) is 0. The van der Waals surface area contributed by atoms with Gasteiger partial charge >= 0.3 is 0 Å². The number of thioether (sulfide) groups is 2. The lowest BCUT2D eigenvalue weighted by atomic mass is 9.96. The van der Waals surface area contributed by atoms with Crippen molar-refractivity contribution in [2.45, 2.75) is 55.9 Å². The van der Waals surface area contributed by atoms with Gasteiger partial charge in [0.15, 0.2) is 0 Å². The van der Waals surface area contributed by atoms with E-state index in [-0.39, 0.29) is 119 Å². The number of ketones is 1. The van der Waals surface area contributed by atoms with Crippen LogP contribution in [-0.4, -0.2) is 125 Å². The molecule has 4 N–H and O–H groups in total. The molecular weight excluding hydrogens is 616 g/mol. The normalized spacial score (nSPS) is 18.8. The Kier molecular flexibility index (Phi) is 15.3. The molecule has 2 aliphatic heterocycles. The van der Waals surface area contributed by atoms with Gasteiger partial charge in [-0.1, -0.05) is 0 Å². The maximum Gasteiger partial charge on any atom is 0.242 e. The molecule has 2 saturated heterocycles. The van der Waals surface area contributed by atoms with E-state index in [1.165, 1.54) is 30.4 Å². The highest BCUT2D eigenvalue weighted by molar-refractivity contribution is 8.00. The first-order valence-electron chi connectivity index (χ1n) is 14.2. The standard InChI is InChI=1S/C27H40N6O9S2/c1-16(34)17(12-22(37)30-8-6-28-20(35)4-10-32-24(39)14-18(43-2)26(32)41)13-23(38)31-9-7-29-21(36)5-11-33-25(40)15-19(44-3)27(33)42/h17-19H,4-15H2,1-3H3,(H,28,35)(H,29,36)(H,30,37)(H,31,38). The number of amides is 8. The summed E-state index contributed by atoms with van der Waals surface area (Å²) in [5, 5.41) is 9.51. The molecule has 0 aliphatic carbocycles. The molecule has 15 nitrogen and oxygen atoms in total. The number of Topliss-reactive ketones (excluding diaryl/α,β-unsaturated/α-hetero) is 1. The van der Waals surface area contributed by atoms with Crippen molar-refractivity contribution in [2.75, 3.05) is 51.8 Å². The van der Waals surface area contributed by atoms with E-state index in [2.05, 4.69) is 21.3 Å². The van der Waals surface area contributed by atoms with Gasteiger partial charge in [0.25, 0.3) is 0 Å². The predicted octanol–water partition coefficient (Wildman–Crippen LogP) is -1.80. The van der Waals surface area contributed by atoms with Crippen LogP contribution in [0.1, 0.15) is 45.4 Å². The fourth-order valence-corrected chi connectivity index (χ4v) is 5.78. The van der Waals surface area contributed by atoms with Crippen molar-refractivity contribution in [2.24, 2.45) is 5.92 Å². The molecular formula is C27H40N6O9S2. The summed E-state index contributed by atoms with van der Waals surface area (Å²) in [5.41, 5.74) is 0. The van der Waals surface area contributed by atoms with Gasteiger partial charge in [0.1, 0.15) is 5.78 Å². The Hall–Kier alpha value is -3.47. The van der Waals surface area contributed by atoms with Gasteiger partial charge in [-0.15, -0.1) is 0 Å². The van der Waals surface area contributed by atoms with Crippen LogP contribution in [0.25, 0.3) is 0 Å². The first-order valence-corrected chi connectivity index (χ1v) is 16.8. The van der Waals surface area contributed by atoms with Crippen molar-refractivity contribution in [3.8, 4) is 0 Å². The lowest BCUT2D eigenvalue weighted by molar-refractivity contribution is -0.140. The highest BCUT2D eigenvalue weighted by Crippen LogP contribution is 2.24. The fourth-order valence-electron chi connectivity index (χ4n) is 4.51. The van der Waals surface area contributed by atoms with Gasteiger partial charge < -0.3 is 21.3 Å². The summed E-state index contributed by atoms with van der Waals surface area (Å²) < 4.78 is 0. The molecule has 2 unspecified atom stereocenters. The second-order valence-corrected chi connectivity index (χ2v) is 12.3. The molecule has 2 aliphatic rings. The van der Waals surface area contributed by atoms with Crippen LogP contribution >= 0.6 is 23.5 Å². The molecule has 44 heavy (non-hydrogen) atoms. The van der Waals surface area contributed by atoms with E-state index in [9.17, 15) is 43.2 Å². The van der Waals surface area contributed by atoms with E-state index in [1.807, 2.05) is 0 Å². The number of carbonyl (C=O) groups is 9. The third-order valence-electron chi connectivity index (χ3n) is 7.08. The third kappa shape index (κ3) is 11.6. The van der Waals surface area contributed by atoms with Gasteiger partial charge in [-0.25, -0.2) is 0 Å². The molecule has 0 aromatic heterocycles. The van der Waals surface area contributed by atoms with Crippen LogP contribution in [0.4, 0.5) is 0 Å². The minimum absolute atomic E-state index is 0.0104. The monoisotopic (exact) mass is 656 g/mol. The largest absolute Gasteiger partial charge is 0.354 e. The summed E-state index contributed by atoms with van der Waals surface area (Å²) in [6.07, 6.45) is 3.17. The van der Waals surface area contributed by atoms with Gasteiger partial charge in [0.2, 0.25) is 47.3 Å². The summed E-state index contributed by atoms with van der Waals surface area (Å²) in [6.45, 7) is 1.61. The second-order valence-electron chi connectivity index (χ2n) is 10.2. The molecule has 244 valence electrons. The molecule has 0 aromatic rings. The first-order chi connectivity index (χ1) is 20.9. The zero-order valence-corrected chi connectivity index (χ0v) is 26.7. The van der Waals surface area contributed by atoms with Crippen LogP contribution in [-0.2, 0) is 43.2 Å². The Labute approximate surface area is 264 Å². The Morgan fingerprint density at radius 2 is 1.00 bits per heavy atom. The number of nitrogens with one attached hydrogen (secondary N) is 4. The Bertz CT molecular complexity index is 1070. The van der Waals surface area contributed by atoms with E-state index in [1.54, 1.807) is 12.5 Å². The van der Waals surface area contributed by atoms with E-state index in [0.29, 0.717) is 0 Å². The van der Waals surface area contributed by atoms with Crippen LogP contribution in [0.3, 0.4) is 0 Å². The number of likely N-dealkylation sites (tertiary alicyclic amines) is 2. The number of carbonyl (C=O) groups excluding carboxylic acids is 9. The molecule has 2 heterocycles. The van der Waals surface area contributed by atoms with E-state index in [4.69, 9.17) is 0 Å². The van der Waals surface area contributed by atoms with Crippen molar-refractivity contribution in [1.29, 1.82) is 0 Å². The van der Waals surface area contributed by atoms with E-state index in [0.717, 1.165) is 9.80 Å². The van der Waals surface area contributed by atoms with Crippen molar-refractivity contribution in [1.82, 2.24) is 31.1 Å². The van der Waals surface area contributed by atoms with Crippen LogP contribution in [0.2, 0.25) is 0 Å². The molecule has 2 fully saturated rings.